The van der Waals surface area contributed by atoms with E-state index in [0.717, 1.165) is 16.7 Å². The molecule has 0 unspecified atom stereocenters. The second kappa shape index (κ2) is 9.13. The molecule has 0 bridgehead atoms. The molecule has 6 aromatic rings. The van der Waals surface area contributed by atoms with Crippen molar-refractivity contribution in [1.29, 1.82) is 0 Å². The van der Waals surface area contributed by atoms with Crippen LogP contribution in [0.25, 0.3) is 44.7 Å². The molecule has 0 aliphatic carbocycles. The van der Waals surface area contributed by atoms with Crippen molar-refractivity contribution in [1.82, 2.24) is 4.98 Å². The van der Waals surface area contributed by atoms with E-state index in [0.29, 0.717) is 45.0 Å². The van der Waals surface area contributed by atoms with Gasteiger partial charge in [-0.25, -0.2) is 9.78 Å². The van der Waals surface area contributed by atoms with E-state index in [1.165, 1.54) is 0 Å². The Hall–Kier alpha value is -5.17. The quantitative estimate of drug-likeness (QED) is 0.277. The lowest BCUT2D eigenvalue weighted by Crippen LogP contribution is -2.12. The molecule has 0 saturated heterocycles. The van der Waals surface area contributed by atoms with Crippen molar-refractivity contribution >= 4 is 33.7 Å². The van der Waals surface area contributed by atoms with Gasteiger partial charge in [-0.05, 0) is 72.3 Å². The first-order valence-electron chi connectivity index (χ1n) is 11.6. The lowest BCUT2D eigenvalue weighted by Gasteiger charge is -2.07. The third kappa shape index (κ3) is 4.34. The minimum atomic E-state index is -0.458. The number of hydrogen-bond donors (Lipinski definition) is 1. The molecule has 37 heavy (non-hydrogen) atoms. The normalized spacial score (nSPS) is 11.1. The number of fused-ring (bicyclic) bond motifs is 2. The number of oxazole rings is 1. The molecule has 2 aromatic heterocycles. The molecule has 0 aliphatic rings. The van der Waals surface area contributed by atoms with Crippen LogP contribution in [0.15, 0.2) is 111 Å². The monoisotopic (exact) mass is 488 g/mol. The molecule has 2 heterocycles. The Balaban J connectivity index is 1.26. The number of carbonyl (C=O) groups excluding carboxylic acids is 1. The fourth-order valence-electron chi connectivity index (χ4n) is 4.16. The minimum Gasteiger partial charge on any atom is -0.497 e. The Morgan fingerprint density at radius 3 is 2.49 bits per heavy atom. The summed E-state index contributed by atoms with van der Waals surface area (Å²) in [5.74, 6) is 0.906. The number of carbonyl (C=O) groups is 1. The third-order valence-electron chi connectivity index (χ3n) is 6.06. The number of amides is 1. The zero-order valence-corrected chi connectivity index (χ0v) is 19.7. The number of nitrogens with one attached hydrogen (secondary N) is 1. The highest BCUT2D eigenvalue weighted by Crippen LogP contribution is 2.28. The Morgan fingerprint density at radius 2 is 1.65 bits per heavy atom. The molecule has 7 nitrogen and oxygen atoms in total. The van der Waals surface area contributed by atoms with Gasteiger partial charge in [0.1, 0.15) is 16.8 Å². The highest BCUT2D eigenvalue weighted by atomic mass is 16.5. The third-order valence-corrected chi connectivity index (χ3v) is 6.06. The molecular weight excluding hydrogens is 468 g/mol. The summed E-state index contributed by atoms with van der Waals surface area (Å²) in [6.07, 6.45) is 0. The maximum Gasteiger partial charge on any atom is 0.344 e. The molecule has 7 heteroatoms. The van der Waals surface area contributed by atoms with Crippen LogP contribution >= 0.6 is 0 Å². The van der Waals surface area contributed by atoms with Crippen LogP contribution in [0, 0.1) is 0 Å². The summed E-state index contributed by atoms with van der Waals surface area (Å²) < 4.78 is 16.5. The number of hydrogen-bond acceptors (Lipinski definition) is 6. The van der Waals surface area contributed by atoms with Gasteiger partial charge in [-0.3, -0.25) is 4.79 Å². The van der Waals surface area contributed by atoms with Crippen LogP contribution in [-0.2, 0) is 0 Å². The number of ether oxygens (including phenoxy) is 1. The summed E-state index contributed by atoms with van der Waals surface area (Å²) in [5.41, 5.74) is 4.07. The van der Waals surface area contributed by atoms with Gasteiger partial charge in [-0.1, -0.05) is 30.3 Å². The molecule has 4 aromatic carbocycles. The highest BCUT2D eigenvalue weighted by Gasteiger charge is 2.13. The average molecular weight is 488 g/mol. The van der Waals surface area contributed by atoms with E-state index in [1.54, 1.807) is 61.7 Å². The number of methoxy groups -OCH3 is 1. The molecule has 1 N–H and O–H groups in total. The first-order chi connectivity index (χ1) is 18.1. The number of benzene rings is 4. The minimum absolute atomic E-state index is 0.315. The van der Waals surface area contributed by atoms with E-state index >= 15 is 0 Å². The summed E-state index contributed by atoms with van der Waals surface area (Å²) >= 11 is 0. The number of nitrogens with zero attached hydrogens (tertiary/aromatic N) is 1. The predicted octanol–water partition coefficient (Wildman–Crippen LogP) is 6.53. The summed E-state index contributed by atoms with van der Waals surface area (Å²) in [6.45, 7) is 0. The maximum atomic E-state index is 13.0. The number of aromatic nitrogens is 1. The van der Waals surface area contributed by atoms with E-state index in [2.05, 4.69) is 10.3 Å². The van der Waals surface area contributed by atoms with Crippen molar-refractivity contribution in [3.8, 4) is 28.3 Å². The van der Waals surface area contributed by atoms with Gasteiger partial charge in [0, 0.05) is 22.2 Å². The van der Waals surface area contributed by atoms with E-state index in [-0.39, 0.29) is 5.91 Å². The molecule has 1 amide bonds. The zero-order valence-electron chi connectivity index (χ0n) is 19.7. The zero-order chi connectivity index (χ0) is 25.4. The molecule has 0 saturated carbocycles. The van der Waals surface area contributed by atoms with Crippen molar-refractivity contribution in [3.05, 3.63) is 113 Å². The van der Waals surface area contributed by atoms with Crippen molar-refractivity contribution in [2.24, 2.45) is 0 Å². The second-order valence-electron chi connectivity index (χ2n) is 8.45. The van der Waals surface area contributed by atoms with E-state index in [4.69, 9.17) is 13.6 Å². The molecular formula is C30H20N2O5. The van der Waals surface area contributed by atoms with Crippen molar-refractivity contribution in [2.75, 3.05) is 12.4 Å². The van der Waals surface area contributed by atoms with Gasteiger partial charge < -0.3 is 18.9 Å². The number of rotatable bonds is 5. The van der Waals surface area contributed by atoms with Crippen molar-refractivity contribution < 1.29 is 18.4 Å². The van der Waals surface area contributed by atoms with Gasteiger partial charge in [0.2, 0.25) is 5.89 Å². The predicted molar refractivity (Wildman–Crippen MR) is 142 cm³/mol. The average Bonchev–Trinajstić information content (AvgIpc) is 3.36. The van der Waals surface area contributed by atoms with Gasteiger partial charge in [0.25, 0.3) is 5.91 Å². The number of anilines is 1. The maximum absolute atomic E-state index is 13.0. The van der Waals surface area contributed by atoms with E-state index < -0.39 is 5.63 Å². The molecule has 180 valence electrons. The first kappa shape index (κ1) is 22.3. The standard InChI is InChI=1S/C30H20N2O5/c1-35-23-12-9-18(10-13-23)29-32-25-17-22(11-14-27(25)36-29)31-28(33)21-7-4-6-19(15-21)24-16-20-5-2-3-8-26(20)37-30(24)34/h2-17H,1H3,(H,31,33). The molecule has 0 fully saturated rings. The fraction of sp³-hybridized carbons (Fsp3) is 0.0333. The molecule has 0 radical (unpaired) electrons. The Labute approximate surface area is 211 Å². The number of para-hydroxylation sites is 1. The molecule has 0 atom stereocenters. The van der Waals surface area contributed by atoms with Crippen LogP contribution in [0.3, 0.4) is 0 Å². The van der Waals surface area contributed by atoms with Crippen LogP contribution in [0.5, 0.6) is 5.75 Å². The van der Waals surface area contributed by atoms with Crippen LogP contribution in [0.1, 0.15) is 10.4 Å². The summed E-state index contributed by atoms with van der Waals surface area (Å²) in [4.78, 5) is 30.2. The van der Waals surface area contributed by atoms with Gasteiger partial charge in [-0.15, -0.1) is 0 Å². The SMILES string of the molecule is COc1ccc(-c2nc3cc(NC(=O)c4cccc(-c5cc6ccccc6oc5=O)c4)ccc3o2)cc1. The highest BCUT2D eigenvalue weighted by molar-refractivity contribution is 6.05. The smallest absolute Gasteiger partial charge is 0.344 e. The molecule has 0 spiro atoms. The van der Waals surface area contributed by atoms with Gasteiger partial charge >= 0.3 is 5.63 Å². The second-order valence-corrected chi connectivity index (χ2v) is 8.45. The van der Waals surface area contributed by atoms with Crippen LogP contribution in [0.4, 0.5) is 5.69 Å². The van der Waals surface area contributed by atoms with Crippen molar-refractivity contribution in [2.45, 2.75) is 0 Å². The van der Waals surface area contributed by atoms with Gasteiger partial charge in [0.05, 0.1) is 12.7 Å². The Morgan fingerprint density at radius 1 is 0.811 bits per heavy atom. The van der Waals surface area contributed by atoms with Crippen molar-refractivity contribution in [3.63, 3.8) is 0 Å². The van der Waals surface area contributed by atoms with Crippen LogP contribution in [-0.4, -0.2) is 18.0 Å². The summed E-state index contributed by atoms with van der Waals surface area (Å²) in [5, 5.41) is 3.71. The van der Waals surface area contributed by atoms with Crippen LogP contribution in [0.2, 0.25) is 0 Å². The van der Waals surface area contributed by atoms with E-state index in [1.807, 2.05) is 42.5 Å². The molecule has 0 aliphatic heterocycles. The van der Waals surface area contributed by atoms with E-state index in [9.17, 15) is 9.59 Å². The fourth-order valence-corrected chi connectivity index (χ4v) is 4.16. The Bertz CT molecular complexity index is 1830. The van der Waals surface area contributed by atoms with Gasteiger partial charge in [0.15, 0.2) is 5.58 Å². The summed E-state index contributed by atoms with van der Waals surface area (Å²) in [7, 11) is 1.61. The molecule has 6 rings (SSSR count). The Kier molecular flexibility index (Phi) is 5.50. The lowest BCUT2D eigenvalue weighted by atomic mass is 10.0. The van der Waals surface area contributed by atoms with Crippen LogP contribution < -0.4 is 15.7 Å². The van der Waals surface area contributed by atoms with Gasteiger partial charge in [-0.2, -0.15) is 0 Å². The largest absolute Gasteiger partial charge is 0.497 e. The summed E-state index contributed by atoms with van der Waals surface area (Å²) in [6, 6.07) is 28.7. The first-order valence-corrected chi connectivity index (χ1v) is 11.6. The lowest BCUT2D eigenvalue weighted by molar-refractivity contribution is 0.102. The topological polar surface area (TPSA) is 94.6 Å².